The van der Waals surface area contributed by atoms with Crippen LogP contribution in [0.1, 0.15) is 30.8 Å². The van der Waals surface area contributed by atoms with E-state index < -0.39 is 0 Å². The van der Waals surface area contributed by atoms with Crippen LogP contribution in [-0.2, 0) is 11.3 Å². The topological polar surface area (TPSA) is 54.3 Å². The van der Waals surface area contributed by atoms with Crippen LogP contribution in [-0.4, -0.2) is 19.0 Å². The molecule has 4 nitrogen and oxygen atoms in total. The Kier molecular flexibility index (Phi) is 4.20. The molecular formula is C14H20N2O2. The van der Waals surface area contributed by atoms with Crippen molar-refractivity contribution in [1.82, 2.24) is 10.6 Å². The molecule has 2 unspecified atom stereocenters. The molecule has 0 aliphatic heterocycles. The highest BCUT2D eigenvalue weighted by Crippen LogP contribution is 2.47. The number of amides is 1. The molecule has 1 fully saturated rings. The Labute approximate surface area is 107 Å². The zero-order valence-electron chi connectivity index (χ0n) is 10.7. The van der Waals surface area contributed by atoms with E-state index in [-0.39, 0.29) is 5.91 Å². The summed E-state index contributed by atoms with van der Waals surface area (Å²) in [6.45, 7) is 7.16. The molecule has 1 aromatic heterocycles. The second-order valence-electron chi connectivity index (χ2n) is 4.82. The Morgan fingerprint density at radius 3 is 3.06 bits per heavy atom. The highest BCUT2D eigenvalue weighted by Gasteiger charge is 2.36. The van der Waals surface area contributed by atoms with Crippen LogP contribution in [0, 0.1) is 5.92 Å². The van der Waals surface area contributed by atoms with E-state index in [2.05, 4.69) is 24.1 Å². The molecule has 0 bridgehead atoms. The van der Waals surface area contributed by atoms with Gasteiger partial charge in [0.25, 0.3) is 0 Å². The number of rotatable bonds is 7. The zero-order valence-corrected chi connectivity index (χ0v) is 10.7. The van der Waals surface area contributed by atoms with Crippen molar-refractivity contribution in [2.75, 3.05) is 13.1 Å². The van der Waals surface area contributed by atoms with Gasteiger partial charge in [0, 0.05) is 12.5 Å². The highest BCUT2D eigenvalue weighted by molar-refractivity contribution is 5.78. The van der Waals surface area contributed by atoms with Gasteiger partial charge in [0.15, 0.2) is 0 Å². The standard InChI is InChI=1S/C14H20N2O2/c1-3-6-16-14(17)9-15-8-11-4-5-13(18-11)12-7-10(12)2/h3-5,10,12,15H,1,6-9H2,2H3,(H,16,17). The Hall–Kier alpha value is -1.55. The van der Waals surface area contributed by atoms with Crippen molar-refractivity contribution in [3.63, 3.8) is 0 Å². The molecule has 1 saturated carbocycles. The van der Waals surface area contributed by atoms with E-state index in [1.165, 1.54) is 6.42 Å². The van der Waals surface area contributed by atoms with Crippen LogP contribution in [0.2, 0.25) is 0 Å². The molecule has 0 saturated heterocycles. The Bertz CT molecular complexity index is 425. The molecule has 0 aromatic carbocycles. The molecule has 2 N–H and O–H groups in total. The largest absolute Gasteiger partial charge is 0.464 e. The number of hydrogen-bond donors (Lipinski definition) is 2. The summed E-state index contributed by atoms with van der Waals surface area (Å²) < 4.78 is 5.73. The van der Waals surface area contributed by atoms with Crippen molar-refractivity contribution in [2.24, 2.45) is 5.92 Å². The maximum Gasteiger partial charge on any atom is 0.234 e. The molecule has 1 amide bonds. The molecule has 4 heteroatoms. The number of carbonyl (C=O) groups is 1. The van der Waals surface area contributed by atoms with E-state index in [0.29, 0.717) is 25.6 Å². The van der Waals surface area contributed by atoms with Crippen LogP contribution in [0.15, 0.2) is 29.2 Å². The SMILES string of the molecule is C=CCNC(=O)CNCc1ccc(C2CC2C)o1. The number of furan rings is 1. The van der Waals surface area contributed by atoms with Crippen LogP contribution in [0.4, 0.5) is 0 Å². The summed E-state index contributed by atoms with van der Waals surface area (Å²) in [5.41, 5.74) is 0. The van der Waals surface area contributed by atoms with Gasteiger partial charge in [-0.25, -0.2) is 0 Å². The number of carbonyl (C=O) groups excluding carboxylic acids is 1. The van der Waals surface area contributed by atoms with Gasteiger partial charge < -0.3 is 15.1 Å². The van der Waals surface area contributed by atoms with Gasteiger partial charge in [-0.3, -0.25) is 4.79 Å². The first-order chi connectivity index (χ1) is 8.70. The first kappa shape index (κ1) is 12.9. The van der Waals surface area contributed by atoms with E-state index in [4.69, 9.17) is 4.42 Å². The average molecular weight is 248 g/mol. The van der Waals surface area contributed by atoms with Gasteiger partial charge in [-0.2, -0.15) is 0 Å². The summed E-state index contributed by atoms with van der Waals surface area (Å²) in [7, 11) is 0. The second-order valence-corrected chi connectivity index (χ2v) is 4.82. The van der Waals surface area contributed by atoms with Crippen molar-refractivity contribution in [1.29, 1.82) is 0 Å². The van der Waals surface area contributed by atoms with E-state index in [1.807, 2.05) is 12.1 Å². The van der Waals surface area contributed by atoms with Gasteiger partial charge in [-0.1, -0.05) is 13.0 Å². The zero-order chi connectivity index (χ0) is 13.0. The highest BCUT2D eigenvalue weighted by atomic mass is 16.3. The summed E-state index contributed by atoms with van der Waals surface area (Å²) in [5.74, 6) is 3.30. The molecule has 98 valence electrons. The smallest absolute Gasteiger partial charge is 0.234 e. The van der Waals surface area contributed by atoms with E-state index >= 15 is 0 Å². The molecule has 0 radical (unpaired) electrons. The van der Waals surface area contributed by atoms with Crippen LogP contribution in [0.25, 0.3) is 0 Å². The number of hydrogen-bond acceptors (Lipinski definition) is 3. The number of nitrogens with one attached hydrogen (secondary N) is 2. The lowest BCUT2D eigenvalue weighted by Gasteiger charge is -2.03. The van der Waals surface area contributed by atoms with Crippen molar-refractivity contribution in [3.05, 3.63) is 36.3 Å². The third kappa shape index (κ3) is 3.47. The van der Waals surface area contributed by atoms with Gasteiger partial charge in [0.2, 0.25) is 5.91 Å². The van der Waals surface area contributed by atoms with Crippen LogP contribution in [0.3, 0.4) is 0 Å². The molecule has 1 aliphatic carbocycles. The molecule has 0 spiro atoms. The fourth-order valence-electron chi connectivity index (χ4n) is 1.96. The third-order valence-electron chi connectivity index (χ3n) is 3.19. The quantitative estimate of drug-likeness (QED) is 0.723. The Balaban J connectivity index is 1.68. The normalized spacial score (nSPS) is 21.6. The predicted octanol–water partition coefficient (Wildman–Crippen LogP) is 1.79. The fraction of sp³-hybridized carbons (Fsp3) is 0.500. The van der Waals surface area contributed by atoms with Gasteiger partial charge in [0.05, 0.1) is 13.1 Å². The minimum absolute atomic E-state index is 0.0301. The fourth-order valence-corrected chi connectivity index (χ4v) is 1.96. The monoisotopic (exact) mass is 248 g/mol. The first-order valence-corrected chi connectivity index (χ1v) is 6.37. The Morgan fingerprint density at radius 2 is 2.39 bits per heavy atom. The summed E-state index contributed by atoms with van der Waals surface area (Å²) in [6.07, 6.45) is 2.89. The Morgan fingerprint density at radius 1 is 1.61 bits per heavy atom. The predicted molar refractivity (Wildman–Crippen MR) is 70.1 cm³/mol. The first-order valence-electron chi connectivity index (χ1n) is 6.37. The third-order valence-corrected chi connectivity index (χ3v) is 3.19. The van der Waals surface area contributed by atoms with Gasteiger partial charge in [0.1, 0.15) is 11.5 Å². The van der Waals surface area contributed by atoms with E-state index in [1.54, 1.807) is 6.08 Å². The lowest BCUT2D eigenvalue weighted by molar-refractivity contribution is -0.120. The summed E-state index contributed by atoms with van der Waals surface area (Å²) >= 11 is 0. The minimum atomic E-state index is -0.0301. The van der Waals surface area contributed by atoms with Gasteiger partial charge >= 0.3 is 0 Å². The van der Waals surface area contributed by atoms with Crippen molar-refractivity contribution in [2.45, 2.75) is 25.8 Å². The molecule has 2 atom stereocenters. The molecule has 18 heavy (non-hydrogen) atoms. The van der Waals surface area contributed by atoms with E-state index in [9.17, 15) is 4.79 Å². The molecule has 1 aromatic rings. The maximum absolute atomic E-state index is 11.3. The van der Waals surface area contributed by atoms with Crippen LogP contribution >= 0.6 is 0 Å². The molecule has 2 rings (SSSR count). The van der Waals surface area contributed by atoms with Gasteiger partial charge in [-0.15, -0.1) is 6.58 Å². The summed E-state index contributed by atoms with van der Waals surface area (Å²) in [5, 5.41) is 5.76. The lowest BCUT2D eigenvalue weighted by Crippen LogP contribution is -2.33. The molecular weight excluding hydrogens is 228 g/mol. The van der Waals surface area contributed by atoms with Crippen LogP contribution < -0.4 is 10.6 Å². The van der Waals surface area contributed by atoms with Gasteiger partial charge in [-0.05, 0) is 24.5 Å². The average Bonchev–Trinajstić information content (AvgIpc) is 2.90. The van der Waals surface area contributed by atoms with Crippen LogP contribution in [0.5, 0.6) is 0 Å². The van der Waals surface area contributed by atoms with Crippen molar-refractivity contribution in [3.8, 4) is 0 Å². The van der Waals surface area contributed by atoms with Crippen molar-refractivity contribution >= 4 is 5.91 Å². The minimum Gasteiger partial charge on any atom is -0.464 e. The molecule has 1 heterocycles. The summed E-state index contributed by atoms with van der Waals surface area (Å²) in [6, 6.07) is 4.03. The molecule has 1 aliphatic rings. The summed E-state index contributed by atoms with van der Waals surface area (Å²) in [4.78, 5) is 11.3. The van der Waals surface area contributed by atoms with Crippen molar-refractivity contribution < 1.29 is 9.21 Å². The van der Waals surface area contributed by atoms with E-state index in [0.717, 1.165) is 17.4 Å². The second kappa shape index (κ2) is 5.87. The lowest BCUT2D eigenvalue weighted by atomic mass is 10.3. The maximum atomic E-state index is 11.3.